The van der Waals surface area contributed by atoms with Crippen molar-refractivity contribution in [3.8, 4) is 11.3 Å². The minimum absolute atomic E-state index is 0.0915. The summed E-state index contributed by atoms with van der Waals surface area (Å²) in [5.74, 6) is -0.934. The largest absolute Gasteiger partial charge is 0.423 e. The van der Waals surface area contributed by atoms with E-state index in [9.17, 15) is 44.7 Å². The molecule has 0 aliphatic heterocycles. The van der Waals surface area contributed by atoms with E-state index in [1.807, 2.05) is 0 Å². The number of H-pyrrole nitrogens is 1. The number of nitrogens with zero attached hydrogens (tertiary/aromatic N) is 3. The van der Waals surface area contributed by atoms with Gasteiger partial charge in [0.25, 0.3) is 11.1 Å². The number of aromatic amines is 1. The highest BCUT2D eigenvalue weighted by Gasteiger charge is 2.37. The van der Waals surface area contributed by atoms with Gasteiger partial charge >= 0.3 is 12.4 Å². The molecule has 2 N–H and O–H groups in total. The fraction of sp³-hybridized carbons (Fsp3) is 0.280. The third-order valence-corrected chi connectivity index (χ3v) is 5.98. The van der Waals surface area contributed by atoms with Crippen molar-refractivity contribution in [3.63, 3.8) is 0 Å². The van der Waals surface area contributed by atoms with Crippen molar-refractivity contribution in [2.75, 3.05) is 5.32 Å². The number of anilines is 1. The first-order chi connectivity index (χ1) is 18.6. The highest BCUT2D eigenvalue weighted by molar-refractivity contribution is 5.86. The van der Waals surface area contributed by atoms with Crippen LogP contribution in [0.1, 0.15) is 24.5 Å². The third kappa shape index (κ3) is 6.13. The molecule has 4 rings (SSSR count). The van der Waals surface area contributed by atoms with E-state index in [0.717, 1.165) is 29.0 Å². The van der Waals surface area contributed by atoms with E-state index in [-0.39, 0.29) is 28.5 Å². The van der Waals surface area contributed by atoms with Crippen LogP contribution in [0.5, 0.6) is 0 Å². The predicted molar refractivity (Wildman–Crippen MR) is 129 cm³/mol. The Kier molecular flexibility index (Phi) is 7.67. The van der Waals surface area contributed by atoms with Gasteiger partial charge in [-0.1, -0.05) is 0 Å². The maximum atomic E-state index is 14.8. The lowest BCUT2D eigenvalue weighted by Crippen LogP contribution is -2.30. The van der Waals surface area contributed by atoms with Crippen LogP contribution in [0.3, 0.4) is 0 Å². The van der Waals surface area contributed by atoms with E-state index in [1.54, 1.807) is 5.10 Å². The molecule has 212 valence electrons. The molecule has 15 heteroatoms. The zero-order valence-electron chi connectivity index (χ0n) is 20.4. The molecule has 0 unspecified atom stereocenters. The van der Waals surface area contributed by atoms with Crippen LogP contribution in [0, 0.1) is 5.82 Å². The summed E-state index contributed by atoms with van der Waals surface area (Å²) in [5.41, 5.74) is -5.62. The van der Waals surface area contributed by atoms with E-state index in [0.29, 0.717) is 6.20 Å². The molecule has 0 spiro atoms. The quantitative estimate of drug-likeness (QED) is 0.283. The fourth-order valence-corrected chi connectivity index (χ4v) is 4.15. The molecule has 3 heterocycles. The van der Waals surface area contributed by atoms with Crippen LogP contribution in [-0.2, 0) is 18.9 Å². The molecule has 2 atom stereocenters. The smallest absolute Gasteiger partial charge is 0.381 e. The Bertz CT molecular complexity index is 1650. The van der Waals surface area contributed by atoms with E-state index < -0.39 is 64.9 Å². The second kappa shape index (κ2) is 10.7. The van der Waals surface area contributed by atoms with Crippen LogP contribution in [0.4, 0.5) is 40.8 Å². The Hall–Kier alpha value is -4.30. The zero-order valence-corrected chi connectivity index (χ0v) is 20.4. The van der Waals surface area contributed by atoms with Gasteiger partial charge in [0.2, 0.25) is 0 Å². The van der Waals surface area contributed by atoms with E-state index in [4.69, 9.17) is 0 Å². The summed E-state index contributed by atoms with van der Waals surface area (Å²) in [4.78, 5) is 28.1. The van der Waals surface area contributed by atoms with Crippen molar-refractivity contribution in [1.29, 1.82) is 0 Å². The third-order valence-electron chi connectivity index (χ3n) is 5.98. The summed E-state index contributed by atoms with van der Waals surface area (Å²) in [6, 6.07) is 4.33. The topological polar surface area (TPSA) is 92.7 Å². The van der Waals surface area contributed by atoms with Crippen molar-refractivity contribution < 1.29 is 35.1 Å². The molecular formula is C25H19F8N5O2. The van der Waals surface area contributed by atoms with Gasteiger partial charge in [-0.25, -0.2) is 13.9 Å². The summed E-state index contributed by atoms with van der Waals surface area (Å²) >= 11 is 0. The summed E-state index contributed by atoms with van der Waals surface area (Å²) in [5, 5.41) is 7.53. The fourth-order valence-electron chi connectivity index (χ4n) is 4.15. The van der Waals surface area contributed by atoms with E-state index in [2.05, 4.69) is 15.4 Å². The lowest BCUT2D eigenvalue weighted by molar-refractivity contribution is -0.138. The number of fused-ring (bicyclic) bond motifs is 1. The van der Waals surface area contributed by atoms with Crippen molar-refractivity contribution in [2.24, 2.45) is 0 Å². The van der Waals surface area contributed by atoms with Gasteiger partial charge in [-0.3, -0.25) is 14.6 Å². The maximum Gasteiger partial charge on any atom is 0.423 e. The number of rotatable bonds is 7. The lowest BCUT2D eigenvalue weighted by Gasteiger charge is -2.20. The van der Waals surface area contributed by atoms with Crippen molar-refractivity contribution in [3.05, 3.63) is 86.6 Å². The minimum atomic E-state index is -4.98. The van der Waals surface area contributed by atoms with Crippen molar-refractivity contribution in [2.45, 2.75) is 44.5 Å². The van der Waals surface area contributed by atoms with Crippen LogP contribution >= 0.6 is 0 Å². The van der Waals surface area contributed by atoms with Crippen LogP contribution in [0.25, 0.3) is 22.0 Å². The molecule has 0 saturated heterocycles. The van der Waals surface area contributed by atoms with Crippen molar-refractivity contribution in [1.82, 2.24) is 19.7 Å². The molecule has 4 aromatic rings. The first-order valence-corrected chi connectivity index (χ1v) is 11.6. The number of aromatic nitrogens is 4. The van der Waals surface area contributed by atoms with Crippen LogP contribution in [0.15, 0.2) is 58.5 Å². The summed E-state index contributed by atoms with van der Waals surface area (Å²) in [6.07, 6.45) is -9.15. The van der Waals surface area contributed by atoms with E-state index in [1.165, 1.54) is 25.3 Å². The molecule has 0 aliphatic rings. The Balaban J connectivity index is 1.51. The van der Waals surface area contributed by atoms with Crippen LogP contribution in [0.2, 0.25) is 0 Å². The number of nitrogens with one attached hydrogen (secondary N) is 2. The number of alkyl halides is 7. The molecule has 0 saturated carbocycles. The van der Waals surface area contributed by atoms with Crippen molar-refractivity contribution >= 4 is 16.5 Å². The van der Waals surface area contributed by atoms with Gasteiger partial charge in [0.1, 0.15) is 17.6 Å². The maximum absolute atomic E-state index is 14.8. The predicted octanol–water partition coefficient (Wildman–Crippen LogP) is 5.55. The van der Waals surface area contributed by atoms with Gasteiger partial charge in [0.15, 0.2) is 0 Å². The lowest BCUT2D eigenvalue weighted by atomic mass is 10.0. The Morgan fingerprint density at radius 1 is 1.02 bits per heavy atom. The number of pyridine rings is 2. The molecule has 0 fully saturated rings. The Labute approximate surface area is 219 Å². The molecular weight excluding hydrogens is 554 g/mol. The highest BCUT2D eigenvalue weighted by atomic mass is 19.4. The highest BCUT2D eigenvalue weighted by Crippen LogP contribution is 2.33. The van der Waals surface area contributed by atoms with Gasteiger partial charge in [-0.2, -0.15) is 31.4 Å². The molecule has 0 radical (unpaired) electrons. The zero-order chi connectivity index (χ0) is 29.4. The molecule has 1 aromatic carbocycles. The molecule has 7 nitrogen and oxygen atoms in total. The first-order valence-electron chi connectivity index (χ1n) is 11.6. The summed E-state index contributed by atoms with van der Waals surface area (Å²) in [7, 11) is 0. The van der Waals surface area contributed by atoms with Gasteiger partial charge < -0.3 is 9.88 Å². The Morgan fingerprint density at radius 3 is 2.38 bits per heavy atom. The molecule has 0 amide bonds. The second-order valence-corrected chi connectivity index (χ2v) is 8.99. The van der Waals surface area contributed by atoms with Crippen LogP contribution in [-0.4, -0.2) is 32.0 Å². The monoisotopic (exact) mass is 573 g/mol. The minimum Gasteiger partial charge on any atom is -0.381 e. The first kappa shape index (κ1) is 28.7. The average molecular weight is 573 g/mol. The summed E-state index contributed by atoms with van der Waals surface area (Å²) in [6.45, 7) is 0.869. The number of hydrogen-bond donors (Lipinski definition) is 2. The van der Waals surface area contributed by atoms with Gasteiger partial charge in [0.05, 0.1) is 35.1 Å². The second-order valence-electron chi connectivity index (χ2n) is 8.99. The Morgan fingerprint density at radius 2 is 1.75 bits per heavy atom. The SMILES string of the molecule is C[C@H](C[C@H](F)Cn1ccc2cc(-c3ccc(C(F)(F)F)cn3)c(F)cc2c1=O)Nc1cn[nH]c(=O)c1C(F)(F)F. The van der Waals surface area contributed by atoms with Gasteiger partial charge in [-0.15, -0.1) is 0 Å². The number of hydrogen-bond acceptors (Lipinski definition) is 5. The molecule has 0 aliphatic carbocycles. The number of halogens is 8. The molecule has 0 bridgehead atoms. The molecule has 3 aromatic heterocycles. The normalized spacial score (nSPS) is 13.8. The molecule has 40 heavy (non-hydrogen) atoms. The van der Waals surface area contributed by atoms with Gasteiger partial charge in [0, 0.05) is 30.4 Å². The van der Waals surface area contributed by atoms with E-state index >= 15 is 0 Å². The summed E-state index contributed by atoms with van der Waals surface area (Å²) < 4.78 is 109. The standard InChI is InChI=1S/C25H19F8N5O2/c1-12(36-20-10-35-37-22(39)21(20)25(31,32)33)6-15(26)11-38-5-4-13-7-17(18(27)8-16(13)23(38)40)19-3-2-14(9-34-19)24(28,29)30/h2-5,7-10,12,15H,6,11H2,1H3,(H2,36,37,39)/t12-,15+/m1/s1. The van der Waals surface area contributed by atoms with Crippen LogP contribution < -0.4 is 16.4 Å². The number of benzene rings is 1. The average Bonchev–Trinajstić information content (AvgIpc) is 2.84. The van der Waals surface area contributed by atoms with Gasteiger partial charge in [-0.05, 0) is 42.6 Å².